The third kappa shape index (κ3) is 13.9. The molecule has 0 bridgehead atoms. The average molecular weight is 601 g/mol. The van der Waals surface area contributed by atoms with Crippen LogP contribution >= 0.6 is 0 Å². The van der Waals surface area contributed by atoms with E-state index >= 15 is 0 Å². The summed E-state index contributed by atoms with van der Waals surface area (Å²) < 4.78 is 0. The highest BCUT2D eigenvalue weighted by atomic mass is 15.1. The van der Waals surface area contributed by atoms with Crippen molar-refractivity contribution in [2.75, 3.05) is 18.0 Å². The lowest BCUT2D eigenvalue weighted by Gasteiger charge is -2.25. The zero-order valence-electron chi connectivity index (χ0n) is 29.3. The van der Waals surface area contributed by atoms with Gasteiger partial charge < -0.3 is 4.90 Å². The number of benzene rings is 1. The minimum atomic E-state index is 1.15. The molecule has 1 aromatic heterocycles. The van der Waals surface area contributed by atoms with Crippen molar-refractivity contribution in [2.45, 2.75) is 175 Å². The Kier molecular flexibility index (Phi) is 19.2. The SMILES string of the molecule is CCCCCCCCCCCCCCCCCCc1nccc2c1CCC/C2=C\c1ccc(N(CCCC)CCCC)cc1. The molecule has 0 N–H and O–H groups in total. The van der Waals surface area contributed by atoms with E-state index in [1.54, 1.807) is 0 Å². The second-order valence-electron chi connectivity index (χ2n) is 13.6. The first-order valence-electron chi connectivity index (χ1n) is 19.3. The smallest absolute Gasteiger partial charge is 0.0441 e. The van der Waals surface area contributed by atoms with Gasteiger partial charge in [-0.1, -0.05) is 148 Å². The molecule has 44 heavy (non-hydrogen) atoms. The zero-order chi connectivity index (χ0) is 31.1. The summed E-state index contributed by atoms with van der Waals surface area (Å²) in [5.74, 6) is 0. The van der Waals surface area contributed by atoms with Crippen LogP contribution in [0, 0.1) is 0 Å². The highest BCUT2D eigenvalue weighted by Crippen LogP contribution is 2.34. The average Bonchev–Trinajstić information content (AvgIpc) is 3.05. The van der Waals surface area contributed by atoms with Crippen LogP contribution < -0.4 is 4.90 Å². The van der Waals surface area contributed by atoms with Gasteiger partial charge in [-0.05, 0) is 85.4 Å². The minimum Gasteiger partial charge on any atom is -0.372 e. The molecule has 2 heteroatoms. The molecule has 0 saturated heterocycles. The normalized spacial score (nSPS) is 13.8. The molecule has 3 rings (SSSR count). The maximum atomic E-state index is 4.89. The lowest BCUT2D eigenvalue weighted by Crippen LogP contribution is -2.25. The summed E-state index contributed by atoms with van der Waals surface area (Å²) >= 11 is 0. The predicted octanol–water partition coefficient (Wildman–Crippen LogP) is 13.2. The molecule has 1 aromatic carbocycles. The number of unbranched alkanes of at least 4 members (excludes halogenated alkanes) is 17. The van der Waals surface area contributed by atoms with Crippen LogP contribution in [-0.2, 0) is 12.8 Å². The molecule has 0 radical (unpaired) electrons. The summed E-state index contributed by atoms with van der Waals surface area (Å²) in [7, 11) is 0. The molecule has 2 aromatic rings. The van der Waals surface area contributed by atoms with Gasteiger partial charge in [0, 0.05) is 30.7 Å². The molecule has 0 fully saturated rings. The number of anilines is 1. The largest absolute Gasteiger partial charge is 0.372 e. The molecule has 0 atom stereocenters. The monoisotopic (exact) mass is 601 g/mol. The molecular formula is C42H68N2. The van der Waals surface area contributed by atoms with Gasteiger partial charge in [0.1, 0.15) is 0 Å². The second kappa shape index (κ2) is 23.3. The number of nitrogens with zero attached hydrogens (tertiary/aromatic N) is 2. The van der Waals surface area contributed by atoms with Gasteiger partial charge in [-0.3, -0.25) is 4.98 Å². The standard InChI is InChI=1S/C42H68N2/c1-4-7-10-11-12-13-14-15-16-17-18-19-20-21-22-23-27-42-41-26-24-25-38(40(41)32-33-43-42)36-37-28-30-39(31-29-37)44(34-8-5-2)35-9-6-3/h28-33,36H,4-27,34-35H2,1-3H3/b38-36+. The Morgan fingerprint density at radius 3 is 1.66 bits per heavy atom. The number of pyridine rings is 1. The van der Waals surface area contributed by atoms with Gasteiger partial charge in [0.05, 0.1) is 0 Å². The molecule has 0 saturated carbocycles. The molecular weight excluding hydrogens is 532 g/mol. The van der Waals surface area contributed by atoms with Crippen LogP contribution in [0.25, 0.3) is 11.6 Å². The summed E-state index contributed by atoms with van der Waals surface area (Å²) in [6.45, 7) is 9.21. The van der Waals surface area contributed by atoms with Crippen LogP contribution in [0.1, 0.15) is 184 Å². The van der Waals surface area contributed by atoms with Crippen LogP contribution in [0.15, 0.2) is 36.5 Å². The fourth-order valence-electron chi connectivity index (χ4n) is 6.96. The molecule has 2 nitrogen and oxygen atoms in total. The van der Waals surface area contributed by atoms with E-state index in [0.717, 1.165) is 6.42 Å². The van der Waals surface area contributed by atoms with Crippen molar-refractivity contribution >= 4 is 17.3 Å². The molecule has 0 unspecified atom stereocenters. The van der Waals surface area contributed by atoms with Gasteiger partial charge in [-0.15, -0.1) is 0 Å². The Hall–Kier alpha value is -2.09. The number of aromatic nitrogens is 1. The Morgan fingerprint density at radius 1 is 0.591 bits per heavy atom. The van der Waals surface area contributed by atoms with Crippen molar-refractivity contribution < 1.29 is 0 Å². The second-order valence-corrected chi connectivity index (χ2v) is 13.6. The van der Waals surface area contributed by atoms with E-state index in [2.05, 4.69) is 68.3 Å². The first kappa shape index (κ1) is 36.4. The van der Waals surface area contributed by atoms with Gasteiger partial charge >= 0.3 is 0 Å². The van der Waals surface area contributed by atoms with Crippen molar-refractivity contribution in [3.63, 3.8) is 0 Å². The van der Waals surface area contributed by atoms with E-state index in [1.807, 2.05) is 0 Å². The number of fused-ring (bicyclic) bond motifs is 1. The van der Waals surface area contributed by atoms with Gasteiger partial charge in [0.15, 0.2) is 0 Å². The number of hydrogen-bond donors (Lipinski definition) is 0. The van der Waals surface area contributed by atoms with E-state index in [0.29, 0.717) is 0 Å². The van der Waals surface area contributed by atoms with Crippen LogP contribution in [0.2, 0.25) is 0 Å². The topological polar surface area (TPSA) is 16.1 Å². The third-order valence-corrected chi connectivity index (χ3v) is 9.79. The van der Waals surface area contributed by atoms with Crippen molar-refractivity contribution in [1.82, 2.24) is 4.98 Å². The quantitative estimate of drug-likeness (QED) is 0.105. The molecule has 0 aliphatic heterocycles. The number of aryl methyl sites for hydroxylation is 1. The van der Waals surface area contributed by atoms with E-state index < -0.39 is 0 Å². The maximum Gasteiger partial charge on any atom is 0.0441 e. The van der Waals surface area contributed by atoms with E-state index in [-0.39, 0.29) is 0 Å². The highest BCUT2D eigenvalue weighted by molar-refractivity contribution is 5.84. The summed E-state index contributed by atoms with van der Waals surface area (Å²) in [6.07, 6.45) is 37.1. The molecule has 1 aliphatic rings. The fourth-order valence-corrected chi connectivity index (χ4v) is 6.96. The third-order valence-electron chi connectivity index (χ3n) is 9.79. The first-order valence-corrected chi connectivity index (χ1v) is 19.3. The summed E-state index contributed by atoms with van der Waals surface area (Å²) in [5, 5.41) is 0. The number of rotatable bonds is 25. The minimum absolute atomic E-state index is 1.15. The summed E-state index contributed by atoms with van der Waals surface area (Å²) in [6, 6.07) is 11.6. The van der Waals surface area contributed by atoms with E-state index in [1.165, 1.54) is 194 Å². The van der Waals surface area contributed by atoms with Gasteiger partial charge in [0.25, 0.3) is 0 Å². The molecule has 246 valence electrons. The predicted molar refractivity (Wildman–Crippen MR) is 197 cm³/mol. The Bertz CT molecular complexity index is 1010. The van der Waals surface area contributed by atoms with E-state index in [9.17, 15) is 0 Å². The summed E-state index contributed by atoms with van der Waals surface area (Å²) in [4.78, 5) is 7.47. The molecule has 1 aliphatic carbocycles. The Balaban J connectivity index is 1.37. The van der Waals surface area contributed by atoms with Gasteiger partial charge in [-0.2, -0.15) is 0 Å². The lowest BCUT2D eigenvalue weighted by molar-refractivity contribution is 0.529. The number of hydrogen-bond acceptors (Lipinski definition) is 2. The zero-order valence-corrected chi connectivity index (χ0v) is 29.3. The molecule has 0 spiro atoms. The van der Waals surface area contributed by atoms with Crippen LogP contribution in [-0.4, -0.2) is 18.1 Å². The Morgan fingerprint density at radius 2 is 1.11 bits per heavy atom. The fraction of sp³-hybridized carbons (Fsp3) is 0.690. The Labute approximate surface area is 273 Å². The highest BCUT2D eigenvalue weighted by Gasteiger charge is 2.18. The summed E-state index contributed by atoms with van der Waals surface area (Å²) in [5.41, 5.74) is 8.59. The van der Waals surface area contributed by atoms with Gasteiger partial charge in [0.2, 0.25) is 0 Å². The van der Waals surface area contributed by atoms with E-state index in [4.69, 9.17) is 4.98 Å². The number of allylic oxidation sites excluding steroid dienone is 1. The van der Waals surface area contributed by atoms with Crippen molar-refractivity contribution in [1.29, 1.82) is 0 Å². The molecule has 1 heterocycles. The van der Waals surface area contributed by atoms with Crippen LogP contribution in [0.3, 0.4) is 0 Å². The first-order chi connectivity index (χ1) is 21.8. The van der Waals surface area contributed by atoms with Crippen molar-refractivity contribution in [3.8, 4) is 0 Å². The molecule has 0 amide bonds. The van der Waals surface area contributed by atoms with Crippen LogP contribution in [0.4, 0.5) is 5.69 Å². The maximum absolute atomic E-state index is 4.89. The van der Waals surface area contributed by atoms with Crippen molar-refractivity contribution in [2.24, 2.45) is 0 Å². The lowest BCUT2D eigenvalue weighted by atomic mass is 9.85. The van der Waals surface area contributed by atoms with Crippen LogP contribution in [0.5, 0.6) is 0 Å². The van der Waals surface area contributed by atoms with Gasteiger partial charge in [-0.25, -0.2) is 0 Å². The van der Waals surface area contributed by atoms with Crippen molar-refractivity contribution in [3.05, 3.63) is 58.9 Å².